The van der Waals surface area contributed by atoms with Crippen LogP contribution in [0.5, 0.6) is 28.7 Å². The second-order valence-electron chi connectivity index (χ2n) is 9.23. The first-order valence-electron chi connectivity index (χ1n) is 13.1. The first-order valence-corrected chi connectivity index (χ1v) is 13.5. The van der Waals surface area contributed by atoms with E-state index in [9.17, 15) is 10.1 Å². The molecule has 4 aromatic rings. The molecule has 0 bridgehead atoms. The first kappa shape index (κ1) is 28.4. The Bertz CT molecular complexity index is 1710. The van der Waals surface area contributed by atoms with Gasteiger partial charge in [0.1, 0.15) is 41.1 Å². The Morgan fingerprint density at radius 2 is 1.76 bits per heavy atom. The number of esters is 1. The molecule has 0 aromatic heterocycles. The number of para-hydroxylation sites is 1. The fourth-order valence-electron chi connectivity index (χ4n) is 4.68. The summed E-state index contributed by atoms with van der Waals surface area (Å²) < 4.78 is 28.7. The Morgan fingerprint density at radius 1 is 0.976 bits per heavy atom. The highest BCUT2D eigenvalue weighted by Crippen LogP contribution is 2.45. The molecule has 4 aromatic carbocycles. The van der Waals surface area contributed by atoms with Gasteiger partial charge in [-0.15, -0.1) is 0 Å². The maximum Gasteiger partial charge on any atom is 0.347 e. The van der Waals surface area contributed by atoms with Crippen molar-refractivity contribution >= 4 is 17.6 Å². The summed E-state index contributed by atoms with van der Waals surface area (Å²) >= 11 is 6.29. The number of nitrogens with zero attached hydrogens (tertiary/aromatic N) is 1. The van der Waals surface area contributed by atoms with Gasteiger partial charge in [-0.05, 0) is 48.9 Å². The lowest BCUT2D eigenvalue weighted by atomic mass is 9.83. The molecule has 8 nitrogen and oxygen atoms in total. The number of fused-ring (bicyclic) bond motifs is 1. The van der Waals surface area contributed by atoms with Crippen molar-refractivity contribution in [3.05, 3.63) is 124 Å². The smallest absolute Gasteiger partial charge is 0.347 e. The molecule has 0 fully saturated rings. The van der Waals surface area contributed by atoms with E-state index >= 15 is 0 Å². The van der Waals surface area contributed by atoms with E-state index in [4.69, 9.17) is 41.0 Å². The molecule has 1 heterocycles. The minimum absolute atomic E-state index is 0.0415. The zero-order valence-electron chi connectivity index (χ0n) is 22.9. The van der Waals surface area contributed by atoms with Crippen molar-refractivity contribution in [2.45, 2.75) is 19.4 Å². The number of nitrogens with two attached hydrogens (primary N) is 1. The normalized spacial score (nSPS) is 13.8. The fourth-order valence-corrected chi connectivity index (χ4v) is 4.87. The number of hydrogen-bond acceptors (Lipinski definition) is 8. The number of halogens is 1. The van der Waals surface area contributed by atoms with E-state index in [1.807, 2.05) is 37.3 Å². The van der Waals surface area contributed by atoms with Crippen LogP contribution in [0.2, 0.25) is 5.02 Å². The second-order valence-corrected chi connectivity index (χ2v) is 9.64. The van der Waals surface area contributed by atoms with Crippen LogP contribution in [-0.4, -0.2) is 19.7 Å². The predicted molar refractivity (Wildman–Crippen MR) is 157 cm³/mol. The zero-order chi connectivity index (χ0) is 29.6. The maximum atomic E-state index is 12.9. The summed E-state index contributed by atoms with van der Waals surface area (Å²) in [6.07, 6.45) is 0. The lowest BCUT2D eigenvalue weighted by Gasteiger charge is -2.27. The summed E-state index contributed by atoms with van der Waals surface area (Å²) in [6, 6.07) is 26.8. The molecular weight excluding hydrogens is 556 g/mol. The second kappa shape index (κ2) is 12.6. The topological polar surface area (TPSA) is 113 Å². The van der Waals surface area contributed by atoms with Crippen LogP contribution in [0.15, 0.2) is 96.4 Å². The van der Waals surface area contributed by atoms with Gasteiger partial charge in [-0.1, -0.05) is 54.1 Å². The molecule has 0 amide bonds. The molecule has 2 N–H and O–H groups in total. The van der Waals surface area contributed by atoms with Crippen molar-refractivity contribution in [1.29, 1.82) is 5.26 Å². The van der Waals surface area contributed by atoms with Gasteiger partial charge in [0.25, 0.3) is 0 Å². The van der Waals surface area contributed by atoms with Crippen LogP contribution in [0.4, 0.5) is 0 Å². The monoisotopic (exact) mass is 582 g/mol. The SMILES string of the molecule is CCOc1cc(C2C(C#N)=C(N)Oc3cc(OC(=O)c4ccccc4OC)ccc32)ccc1OCc1ccccc1Cl. The molecule has 9 heteroatoms. The summed E-state index contributed by atoms with van der Waals surface area (Å²) in [4.78, 5) is 12.9. The largest absolute Gasteiger partial charge is 0.496 e. The maximum absolute atomic E-state index is 12.9. The van der Waals surface area contributed by atoms with Gasteiger partial charge in [0.05, 0.1) is 19.6 Å². The standard InChI is InChI=1S/C33H27ClN2O6/c1-3-39-30-16-20(12-15-28(30)40-19-21-8-4-6-10-26(21)34)31-23-14-13-22(17-29(23)42-32(36)25(31)18-35)41-33(37)24-9-5-7-11-27(24)38-2/h4-17,31H,3,19,36H2,1-2H3. The third kappa shape index (κ3) is 5.82. The van der Waals surface area contributed by atoms with Gasteiger partial charge in [-0.2, -0.15) is 5.26 Å². The molecule has 0 saturated carbocycles. The summed E-state index contributed by atoms with van der Waals surface area (Å²) in [7, 11) is 1.48. The van der Waals surface area contributed by atoms with Crippen LogP contribution < -0.4 is 29.4 Å². The van der Waals surface area contributed by atoms with Crippen molar-refractivity contribution in [1.82, 2.24) is 0 Å². The molecule has 212 valence electrons. The average Bonchev–Trinajstić information content (AvgIpc) is 3.00. The number of rotatable bonds is 9. The third-order valence-corrected chi connectivity index (χ3v) is 7.04. The summed E-state index contributed by atoms with van der Waals surface area (Å²) in [5.41, 5.74) is 8.99. The molecule has 42 heavy (non-hydrogen) atoms. The summed E-state index contributed by atoms with van der Waals surface area (Å²) in [6.45, 7) is 2.53. The molecule has 0 saturated heterocycles. The van der Waals surface area contributed by atoms with Gasteiger partial charge in [0.15, 0.2) is 11.5 Å². The van der Waals surface area contributed by atoms with E-state index in [0.29, 0.717) is 40.2 Å². The Morgan fingerprint density at radius 3 is 2.52 bits per heavy atom. The Labute approximate surface area is 248 Å². The fraction of sp³-hybridized carbons (Fsp3) is 0.152. The van der Waals surface area contributed by atoms with Crippen LogP contribution in [-0.2, 0) is 6.61 Å². The van der Waals surface area contributed by atoms with Gasteiger partial charge in [0.2, 0.25) is 5.88 Å². The minimum Gasteiger partial charge on any atom is -0.496 e. The molecule has 0 spiro atoms. The first-order chi connectivity index (χ1) is 20.4. The van der Waals surface area contributed by atoms with Crippen LogP contribution in [0, 0.1) is 11.3 Å². The van der Waals surface area contributed by atoms with Crippen molar-refractivity contribution in [2.75, 3.05) is 13.7 Å². The van der Waals surface area contributed by atoms with Crippen LogP contribution in [0.3, 0.4) is 0 Å². The van der Waals surface area contributed by atoms with Crippen LogP contribution >= 0.6 is 11.6 Å². The number of allylic oxidation sites excluding steroid dienone is 1. The van der Waals surface area contributed by atoms with Gasteiger partial charge < -0.3 is 29.4 Å². The number of carbonyl (C=O) groups is 1. The number of hydrogen-bond donors (Lipinski definition) is 1. The van der Waals surface area contributed by atoms with Crippen molar-refractivity contribution in [2.24, 2.45) is 5.73 Å². The molecule has 1 atom stereocenters. The van der Waals surface area contributed by atoms with Crippen molar-refractivity contribution in [3.8, 4) is 34.8 Å². The molecule has 1 aliphatic heterocycles. The van der Waals surface area contributed by atoms with Gasteiger partial charge in [-0.25, -0.2) is 4.79 Å². The van der Waals surface area contributed by atoms with E-state index < -0.39 is 11.9 Å². The lowest BCUT2D eigenvalue weighted by Crippen LogP contribution is -2.21. The average molecular weight is 583 g/mol. The van der Waals surface area contributed by atoms with E-state index in [1.165, 1.54) is 7.11 Å². The number of carbonyl (C=O) groups excluding carboxylic acids is 1. The van der Waals surface area contributed by atoms with Crippen LogP contribution in [0.25, 0.3) is 0 Å². The van der Waals surface area contributed by atoms with Crippen molar-refractivity contribution < 1.29 is 28.5 Å². The molecule has 0 radical (unpaired) electrons. The Balaban J connectivity index is 1.46. The quantitative estimate of drug-likeness (QED) is 0.170. The summed E-state index contributed by atoms with van der Waals surface area (Å²) in [5, 5.41) is 10.6. The Kier molecular flexibility index (Phi) is 8.51. The van der Waals surface area contributed by atoms with Gasteiger partial charge >= 0.3 is 5.97 Å². The van der Waals surface area contributed by atoms with E-state index in [1.54, 1.807) is 54.6 Å². The predicted octanol–water partition coefficient (Wildman–Crippen LogP) is 6.76. The van der Waals surface area contributed by atoms with Crippen LogP contribution in [0.1, 0.15) is 39.9 Å². The number of nitriles is 1. The third-order valence-electron chi connectivity index (χ3n) is 6.67. The van der Waals surface area contributed by atoms with E-state index in [2.05, 4.69) is 6.07 Å². The highest BCUT2D eigenvalue weighted by atomic mass is 35.5. The summed E-state index contributed by atoms with van der Waals surface area (Å²) in [5.74, 6) is 0.848. The minimum atomic E-state index is -0.588. The van der Waals surface area contributed by atoms with E-state index in [0.717, 1.165) is 11.1 Å². The number of methoxy groups -OCH3 is 1. The number of ether oxygens (including phenoxy) is 5. The molecule has 5 rings (SSSR count). The van der Waals surface area contributed by atoms with Crippen molar-refractivity contribution in [3.63, 3.8) is 0 Å². The van der Waals surface area contributed by atoms with Gasteiger partial charge in [0, 0.05) is 22.2 Å². The van der Waals surface area contributed by atoms with E-state index in [-0.39, 0.29) is 29.4 Å². The molecular formula is C33H27ClN2O6. The van der Waals surface area contributed by atoms with Gasteiger partial charge in [-0.3, -0.25) is 0 Å². The Hall–Kier alpha value is -5.13. The highest BCUT2D eigenvalue weighted by molar-refractivity contribution is 6.31. The highest BCUT2D eigenvalue weighted by Gasteiger charge is 2.32. The molecule has 1 unspecified atom stereocenters. The lowest BCUT2D eigenvalue weighted by molar-refractivity contribution is 0.0731. The zero-order valence-corrected chi connectivity index (χ0v) is 23.7. The number of benzene rings is 4. The molecule has 0 aliphatic carbocycles. The molecule has 1 aliphatic rings.